The molecule has 1 atom stereocenters. The average molecular weight is 482 g/mol. The third kappa shape index (κ3) is 10.5. The first-order chi connectivity index (χ1) is 16.0. The Bertz CT molecular complexity index is 797. The van der Waals surface area contributed by atoms with E-state index in [0.29, 0.717) is 6.42 Å². The molecule has 0 saturated carbocycles. The van der Waals surface area contributed by atoms with Gasteiger partial charge in [-0.15, -0.1) is 0 Å². The summed E-state index contributed by atoms with van der Waals surface area (Å²) in [6, 6.07) is 0. The van der Waals surface area contributed by atoms with Crippen molar-refractivity contribution < 1.29 is 33.6 Å². The molecule has 1 fully saturated rings. The fourth-order valence-electron chi connectivity index (χ4n) is 3.19. The molecule has 1 aliphatic heterocycles. The number of hydrogen-bond acceptors (Lipinski definition) is 7. The summed E-state index contributed by atoms with van der Waals surface area (Å²) in [6.07, 6.45) is 1.14. The second-order valence-corrected chi connectivity index (χ2v) is 8.36. The zero-order chi connectivity index (χ0) is 25.7. The van der Waals surface area contributed by atoms with Crippen LogP contribution in [0.4, 0.5) is 0 Å². The molecule has 4 N–H and O–H groups in total. The van der Waals surface area contributed by atoms with Crippen LogP contribution in [0.15, 0.2) is 0 Å². The van der Waals surface area contributed by atoms with Gasteiger partial charge in [0.05, 0.1) is 19.6 Å². The van der Waals surface area contributed by atoms with Gasteiger partial charge in [-0.2, -0.15) is 0 Å². The fraction of sp³-hybridized carbons (Fsp3) is 0.682. The number of carbonyl (C=O) groups is 7. The molecule has 0 aromatic carbocycles. The Morgan fingerprint density at radius 2 is 1.38 bits per heavy atom. The van der Waals surface area contributed by atoms with Gasteiger partial charge in [0, 0.05) is 44.7 Å². The highest BCUT2D eigenvalue weighted by Crippen LogP contribution is 2.26. The van der Waals surface area contributed by atoms with Gasteiger partial charge in [0.2, 0.25) is 35.4 Å². The number of imide groups is 1. The lowest BCUT2D eigenvalue weighted by molar-refractivity contribution is -0.140. The van der Waals surface area contributed by atoms with Gasteiger partial charge in [0.1, 0.15) is 5.78 Å². The number of ketones is 1. The quantitative estimate of drug-likeness (QED) is 0.209. The van der Waals surface area contributed by atoms with Crippen molar-refractivity contribution >= 4 is 41.2 Å². The number of hydrogen-bond donors (Lipinski definition) is 4. The number of nitrogens with one attached hydrogen (secondary N) is 4. The molecule has 34 heavy (non-hydrogen) atoms. The number of Topliss-reactive ketones (excluding diaryl/α,β-unsaturated/α-hetero) is 1. The number of likely N-dealkylation sites (tertiary alicyclic amines) is 1. The minimum Gasteiger partial charge on any atom is -0.354 e. The van der Waals surface area contributed by atoms with Crippen molar-refractivity contribution in [3.05, 3.63) is 0 Å². The Morgan fingerprint density at radius 3 is 1.88 bits per heavy atom. The molecule has 1 unspecified atom stereocenters. The zero-order valence-electron chi connectivity index (χ0n) is 20.0. The van der Waals surface area contributed by atoms with Crippen molar-refractivity contribution in [3.63, 3.8) is 0 Å². The summed E-state index contributed by atoms with van der Waals surface area (Å²) < 4.78 is 0. The van der Waals surface area contributed by atoms with Gasteiger partial charge in [-0.1, -0.05) is 20.8 Å². The summed E-state index contributed by atoms with van der Waals surface area (Å²) in [4.78, 5) is 83.5. The van der Waals surface area contributed by atoms with E-state index in [-0.39, 0.29) is 87.8 Å². The van der Waals surface area contributed by atoms with Crippen LogP contribution < -0.4 is 21.3 Å². The van der Waals surface area contributed by atoms with Crippen LogP contribution >= 0.6 is 0 Å². The molecule has 190 valence electrons. The van der Waals surface area contributed by atoms with Crippen LogP contribution in [0.25, 0.3) is 0 Å². The van der Waals surface area contributed by atoms with E-state index in [1.54, 1.807) is 6.92 Å². The van der Waals surface area contributed by atoms with Crippen LogP contribution in [0.1, 0.15) is 52.9 Å². The van der Waals surface area contributed by atoms with Crippen molar-refractivity contribution in [2.24, 2.45) is 11.8 Å². The first-order valence-corrected chi connectivity index (χ1v) is 11.5. The smallest absolute Gasteiger partial charge is 0.239 e. The Labute approximate surface area is 198 Å². The number of carbonyl (C=O) groups excluding carboxylic acids is 7. The molecule has 0 spiro atoms. The van der Waals surface area contributed by atoms with Crippen LogP contribution in [0.3, 0.4) is 0 Å². The lowest BCUT2D eigenvalue weighted by Crippen LogP contribution is -2.44. The van der Waals surface area contributed by atoms with E-state index < -0.39 is 23.6 Å². The summed E-state index contributed by atoms with van der Waals surface area (Å²) in [5.41, 5.74) is 0. The second kappa shape index (κ2) is 14.8. The van der Waals surface area contributed by atoms with E-state index >= 15 is 0 Å². The molecular weight excluding hydrogens is 446 g/mol. The van der Waals surface area contributed by atoms with Gasteiger partial charge < -0.3 is 21.3 Å². The van der Waals surface area contributed by atoms with Gasteiger partial charge in [-0.3, -0.25) is 38.5 Å². The SMILES string of the molecule is CCC(=O)CCNC(=O)CNC(=O)CNC(=O)CNC(=O)CCCN1C(=O)CC(C(C)C)C1=O. The molecule has 0 radical (unpaired) electrons. The molecule has 0 aliphatic carbocycles. The number of rotatable bonds is 15. The minimum absolute atomic E-state index is 0.0238. The lowest BCUT2D eigenvalue weighted by Gasteiger charge is -2.16. The molecule has 0 aromatic heterocycles. The maximum Gasteiger partial charge on any atom is 0.239 e. The molecule has 0 bridgehead atoms. The third-order valence-corrected chi connectivity index (χ3v) is 5.33. The molecule has 1 aliphatic rings. The van der Waals surface area contributed by atoms with Crippen LogP contribution in [-0.2, 0) is 33.6 Å². The second-order valence-electron chi connectivity index (χ2n) is 8.36. The van der Waals surface area contributed by atoms with Crippen molar-refractivity contribution in [2.75, 3.05) is 32.7 Å². The predicted molar refractivity (Wildman–Crippen MR) is 121 cm³/mol. The molecule has 1 rings (SSSR count). The minimum atomic E-state index is -0.587. The maximum atomic E-state index is 12.2. The van der Waals surface area contributed by atoms with E-state index in [9.17, 15) is 33.6 Å². The van der Waals surface area contributed by atoms with E-state index in [0.717, 1.165) is 0 Å². The molecule has 12 nitrogen and oxygen atoms in total. The fourth-order valence-corrected chi connectivity index (χ4v) is 3.19. The third-order valence-electron chi connectivity index (χ3n) is 5.33. The Hall–Kier alpha value is -3.31. The number of amides is 6. The first kappa shape index (κ1) is 28.7. The average Bonchev–Trinajstić information content (AvgIpc) is 3.08. The van der Waals surface area contributed by atoms with Crippen molar-refractivity contribution in [1.82, 2.24) is 26.2 Å². The molecular formula is C22H35N5O7. The van der Waals surface area contributed by atoms with Gasteiger partial charge in [0.15, 0.2) is 0 Å². The van der Waals surface area contributed by atoms with Crippen molar-refractivity contribution in [2.45, 2.75) is 52.9 Å². The van der Waals surface area contributed by atoms with E-state index in [1.807, 2.05) is 13.8 Å². The summed E-state index contributed by atoms with van der Waals surface area (Å²) >= 11 is 0. The molecule has 0 aromatic rings. The Morgan fingerprint density at radius 1 is 0.853 bits per heavy atom. The highest BCUT2D eigenvalue weighted by Gasteiger charge is 2.39. The standard InChI is InChI=1S/C22H35N5O7/c1-4-15(28)7-8-23-18(30)11-25-20(32)13-26-19(31)12-24-17(29)6-5-9-27-21(33)10-16(14(2)3)22(27)34/h14,16H,4-13H2,1-3H3,(H,23,30)(H,24,29)(H,25,32)(H,26,31). The lowest BCUT2D eigenvalue weighted by atomic mass is 9.94. The van der Waals surface area contributed by atoms with Crippen LogP contribution in [0, 0.1) is 11.8 Å². The molecule has 1 heterocycles. The van der Waals surface area contributed by atoms with Crippen LogP contribution in [0.2, 0.25) is 0 Å². The zero-order valence-corrected chi connectivity index (χ0v) is 20.0. The van der Waals surface area contributed by atoms with Gasteiger partial charge >= 0.3 is 0 Å². The summed E-state index contributed by atoms with van der Waals surface area (Å²) in [5, 5.41) is 9.55. The Balaban J connectivity index is 2.15. The summed E-state index contributed by atoms with van der Waals surface area (Å²) in [6.45, 7) is 4.86. The molecule has 12 heteroatoms. The summed E-state index contributed by atoms with van der Waals surface area (Å²) in [7, 11) is 0. The summed E-state index contributed by atoms with van der Waals surface area (Å²) in [5.74, 6) is -2.69. The highest BCUT2D eigenvalue weighted by molar-refractivity contribution is 6.03. The maximum absolute atomic E-state index is 12.2. The molecule has 6 amide bonds. The van der Waals surface area contributed by atoms with Crippen molar-refractivity contribution in [3.8, 4) is 0 Å². The Kier molecular flexibility index (Phi) is 12.5. The van der Waals surface area contributed by atoms with Gasteiger partial charge in [0.25, 0.3) is 0 Å². The first-order valence-electron chi connectivity index (χ1n) is 11.5. The van der Waals surface area contributed by atoms with Gasteiger partial charge in [-0.25, -0.2) is 0 Å². The van der Waals surface area contributed by atoms with Crippen LogP contribution in [-0.4, -0.2) is 78.9 Å². The predicted octanol–water partition coefficient (Wildman–Crippen LogP) is -1.37. The monoisotopic (exact) mass is 481 g/mol. The van der Waals surface area contributed by atoms with E-state index in [4.69, 9.17) is 0 Å². The van der Waals surface area contributed by atoms with Crippen LogP contribution in [0.5, 0.6) is 0 Å². The number of nitrogens with zero attached hydrogens (tertiary/aromatic N) is 1. The topological polar surface area (TPSA) is 171 Å². The highest BCUT2D eigenvalue weighted by atomic mass is 16.2. The van der Waals surface area contributed by atoms with E-state index in [1.165, 1.54) is 4.90 Å². The van der Waals surface area contributed by atoms with Gasteiger partial charge in [-0.05, 0) is 12.3 Å². The normalized spacial score (nSPS) is 15.3. The van der Waals surface area contributed by atoms with Crippen molar-refractivity contribution in [1.29, 1.82) is 0 Å². The largest absolute Gasteiger partial charge is 0.354 e. The van der Waals surface area contributed by atoms with E-state index in [2.05, 4.69) is 21.3 Å². The molecule has 1 saturated heterocycles.